The fourth-order valence-electron chi connectivity index (χ4n) is 3.87. The summed E-state index contributed by atoms with van der Waals surface area (Å²) in [6.07, 6.45) is 0. The molecule has 0 aliphatic rings. The average Bonchev–Trinajstić information content (AvgIpc) is 3.11. The lowest BCUT2D eigenvalue weighted by atomic mass is 10.1. The van der Waals surface area contributed by atoms with Crippen LogP contribution in [0.3, 0.4) is 0 Å². The monoisotopic (exact) mass is 455 g/mol. The van der Waals surface area contributed by atoms with Crippen molar-refractivity contribution in [2.75, 3.05) is 12.4 Å². The highest BCUT2D eigenvalue weighted by Gasteiger charge is 2.16. The van der Waals surface area contributed by atoms with Crippen molar-refractivity contribution >= 4 is 11.6 Å². The molecule has 0 unspecified atom stereocenters. The number of rotatable bonds is 8. The standard InChI is InChI=1S/C28H29N3O3/c1-19-10-5-6-12-24(19)17-31-21(3)27(20(2)30-31)29-28(32)23-13-9-11-22(16-23)18-34-26-15-8-7-14-25(26)33-4/h5-16H,17-18H2,1-4H3,(H,29,32). The van der Waals surface area contributed by atoms with Crippen molar-refractivity contribution in [2.24, 2.45) is 0 Å². The van der Waals surface area contributed by atoms with Crippen LogP contribution in [0.15, 0.2) is 72.8 Å². The molecule has 0 saturated carbocycles. The lowest BCUT2D eigenvalue weighted by Crippen LogP contribution is -2.14. The van der Waals surface area contributed by atoms with E-state index in [1.54, 1.807) is 13.2 Å². The third-order valence-electron chi connectivity index (χ3n) is 5.85. The number of methoxy groups -OCH3 is 1. The van der Waals surface area contributed by atoms with Crippen molar-refractivity contribution < 1.29 is 14.3 Å². The molecule has 4 rings (SSSR count). The fraction of sp³-hybridized carbons (Fsp3) is 0.214. The number of benzene rings is 3. The minimum absolute atomic E-state index is 0.180. The first kappa shape index (κ1) is 23.1. The van der Waals surface area contributed by atoms with Gasteiger partial charge in [0, 0.05) is 5.56 Å². The lowest BCUT2D eigenvalue weighted by molar-refractivity contribution is 0.102. The topological polar surface area (TPSA) is 65.4 Å². The van der Waals surface area contributed by atoms with E-state index in [0.29, 0.717) is 30.2 Å². The molecule has 174 valence electrons. The molecule has 1 heterocycles. The number of para-hydroxylation sites is 2. The van der Waals surface area contributed by atoms with Crippen molar-refractivity contribution in [3.05, 3.63) is 106 Å². The minimum atomic E-state index is -0.180. The largest absolute Gasteiger partial charge is 0.493 e. The molecule has 0 radical (unpaired) electrons. The third-order valence-corrected chi connectivity index (χ3v) is 5.85. The molecule has 6 heteroatoms. The molecule has 0 fully saturated rings. The summed E-state index contributed by atoms with van der Waals surface area (Å²) < 4.78 is 13.2. The van der Waals surface area contributed by atoms with Gasteiger partial charge in [0.05, 0.1) is 30.7 Å². The zero-order valence-corrected chi connectivity index (χ0v) is 20.0. The number of nitrogens with zero attached hydrogens (tertiary/aromatic N) is 2. The van der Waals surface area contributed by atoms with E-state index in [-0.39, 0.29) is 5.91 Å². The van der Waals surface area contributed by atoms with Crippen LogP contribution >= 0.6 is 0 Å². The first-order valence-electron chi connectivity index (χ1n) is 11.2. The third kappa shape index (κ3) is 5.12. The van der Waals surface area contributed by atoms with Crippen molar-refractivity contribution in [2.45, 2.75) is 33.9 Å². The fourth-order valence-corrected chi connectivity index (χ4v) is 3.87. The van der Waals surface area contributed by atoms with Crippen LogP contribution in [0.4, 0.5) is 5.69 Å². The average molecular weight is 456 g/mol. The number of nitrogens with one attached hydrogen (secondary N) is 1. The van der Waals surface area contributed by atoms with Gasteiger partial charge >= 0.3 is 0 Å². The number of amides is 1. The van der Waals surface area contributed by atoms with Crippen LogP contribution in [-0.2, 0) is 13.2 Å². The maximum atomic E-state index is 13.1. The van der Waals surface area contributed by atoms with E-state index in [1.807, 2.05) is 73.1 Å². The Morgan fingerprint density at radius 2 is 1.68 bits per heavy atom. The highest BCUT2D eigenvalue weighted by molar-refractivity contribution is 6.05. The van der Waals surface area contributed by atoms with Crippen LogP contribution < -0.4 is 14.8 Å². The van der Waals surface area contributed by atoms with Gasteiger partial charge in [-0.15, -0.1) is 0 Å². The molecule has 34 heavy (non-hydrogen) atoms. The molecule has 0 spiro atoms. The number of aromatic nitrogens is 2. The zero-order valence-electron chi connectivity index (χ0n) is 20.0. The van der Waals surface area contributed by atoms with Gasteiger partial charge in [0.2, 0.25) is 0 Å². The molecule has 1 aromatic heterocycles. The normalized spacial score (nSPS) is 10.7. The maximum absolute atomic E-state index is 13.1. The van der Waals surface area contributed by atoms with E-state index in [4.69, 9.17) is 9.47 Å². The van der Waals surface area contributed by atoms with Gasteiger partial charge in [-0.1, -0.05) is 48.5 Å². The molecular weight excluding hydrogens is 426 g/mol. The summed E-state index contributed by atoms with van der Waals surface area (Å²) in [5.74, 6) is 1.15. The summed E-state index contributed by atoms with van der Waals surface area (Å²) in [5.41, 5.74) is 6.32. The second kappa shape index (κ2) is 10.3. The maximum Gasteiger partial charge on any atom is 0.255 e. The van der Waals surface area contributed by atoms with E-state index >= 15 is 0 Å². The van der Waals surface area contributed by atoms with E-state index < -0.39 is 0 Å². The first-order chi connectivity index (χ1) is 16.5. The molecule has 0 aliphatic carbocycles. The Morgan fingerprint density at radius 3 is 2.44 bits per heavy atom. The van der Waals surface area contributed by atoms with Crippen LogP contribution in [0, 0.1) is 20.8 Å². The van der Waals surface area contributed by atoms with Gasteiger partial charge in [0.15, 0.2) is 11.5 Å². The zero-order chi connectivity index (χ0) is 24.1. The number of ether oxygens (including phenoxy) is 2. The summed E-state index contributed by atoms with van der Waals surface area (Å²) in [6, 6.07) is 23.2. The van der Waals surface area contributed by atoms with Gasteiger partial charge in [-0.2, -0.15) is 5.10 Å². The van der Waals surface area contributed by atoms with Gasteiger partial charge in [0.1, 0.15) is 6.61 Å². The van der Waals surface area contributed by atoms with Crippen molar-refractivity contribution in [3.63, 3.8) is 0 Å². The first-order valence-corrected chi connectivity index (χ1v) is 11.2. The van der Waals surface area contributed by atoms with Gasteiger partial charge in [0.25, 0.3) is 5.91 Å². The van der Waals surface area contributed by atoms with Gasteiger partial charge in [-0.3, -0.25) is 9.48 Å². The SMILES string of the molecule is COc1ccccc1OCc1cccc(C(=O)Nc2c(C)nn(Cc3ccccc3C)c2C)c1. The number of carbonyl (C=O) groups is 1. The Bertz CT molecular complexity index is 1310. The van der Waals surface area contributed by atoms with Crippen LogP contribution in [0.2, 0.25) is 0 Å². The predicted molar refractivity (Wildman–Crippen MR) is 134 cm³/mol. The molecule has 1 amide bonds. The lowest BCUT2D eigenvalue weighted by Gasteiger charge is -2.11. The van der Waals surface area contributed by atoms with Crippen LogP contribution in [0.5, 0.6) is 11.5 Å². The Labute approximate surface area is 200 Å². The molecule has 1 N–H and O–H groups in total. The molecule has 6 nitrogen and oxygen atoms in total. The number of hydrogen-bond donors (Lipinski definition) is 1. The Hall–Kier alpha value is -4.06. The molecule has 4 aromatic rings. The molecule has 0 aliphatic heterocycles. The Balaban J connectivity index is 1.47. The molecule has 0 bridgehead atoms. The molecule has 0 saturated heterocycles. The summed E-state index contributed by atoms with van der Waals surface area (Å²) in [5, 5.41) is 7.71. The predicted octanol–water partition coefficient (Wildman–Crippen LogP) is 5.70. The second-order valence-electron chi connectivity index (χ2n) is 8.22. The second-order valence-corrected chi connectivity index (χ2v) is 8.22. The van der Waals surface area contributed by atoms with Gasteiger partial charge in [-0.25, -0.2) is 0 Å². The Kier molecular flexibility index (Phi) is 6.97. The summed E-state index contributed by atoms with van der Waals surface area (Å²) in [6.45, 7) is 6.97. The van der Waals surface area contributed by atoms with E-state index in [1.165, 1.54) is 11.1 Å². The highest BCUT2D eigenvalue weighted by Crippen LogP contribution is 2.27. The summed E-state index contributed by atoms with van der Waals surface area (Å²) >= 11 is 0. The summed E-state index contributed by atoms with van der Waals surface area (Å²) in [4.78, 5) is 13.1. The van der Waals surface area contributed by atoms with Crippen LogP contribution in [-0.4, -0.2) is 22.8 Å². The van der Waals surface area contributed by atoms with Crippen molar-refractivity contribution in [1.29, 1.82) is 0 Å². The number of carbonyl (C=O) groups excluding carboxylic acids is 1. The minimum Gasteiger partial charge on any atom is -0.493 e. The van der Waals surface area contributed by atoms with Crippen LogP contribution in [0.25, 0.3) is 0 Å². The smallest absolute Gasteiger partial charge is 0.255 e. The van der Waals surface area contributed by atoms with Gasteiger partial charge in [-0.05, 0) is 61.7 Å². The van der Waals surface area contributed by atoms with Crippen molar-refractivity contribution in [1.82, 2.24) is 9.78 Å². The highest BCUT2D eigenvalue weighted by atomic mass is 16.5. The molecule has 0 atom stereocenters. The van der Waals surface area contributed by atoms with Crippen LogP contribution in [0.1, 0.15) is 38.4 Å². The van der Waals surface area contributed by atoms with E-state index in [0.717, 1.165) is 22.6 Å². The number of hydrogen-bond acceptors (Lipinski definition) is 4. The van der Waals surface area contributed by atoms with E-state index in [9.17, 15) is 4.79 Å². The number of anilines is 1. The van der Waals surface area contributed by atoms with E-state index in [2.05, 4.69) is 29.5 Å². The van der Waals surface area contributed by atoms with Crippen molar-refractivity contribution in [3.8, 4) is 11.5 Å². The molecule has 3 aromatic carbocycles. The Morgan fingerprint density at radius 1 is 0.941 bits per heavy atom. The quantitative estimate of drug-likeness (QED) is 0.370. The van der Waals surface area contributed by atoms with Gasteiger partial charge < -0.3 is 14.8 Å². The number of aryl methyl sites for hydroxylation is 2. The summed E-state index contributed by atoms with van der Waals surface area (Å²) in [7, 11) is 1.61. The molecular formula is C28H29N3O3.